The predicted octanol–water partition coefficient (Wildman–Crippen LogP) is 1.65. The first kappa shape index (κ1) is 17.5. The molecule has 1 atom stereocenters. The summed E-state index contributed by atoms with van der Waals surface area (Å²) in [6.07, 6.45) is 2.05. The maximum Gasteiger partial charge on any atom is 0.260 e. The fraction of sp³-hybridized carbons (Fsp3) is 0.500. The standard InChI is InChI=1S/C16H17F2N3O4S/c17-12-4-3-11(13(18)7-12)8-26(23,24)21-6-5-16(22,9-21)15-19-14(20-25-15)10-1-2-10/h3-4,7,10,22H,1-2,5-6,8-9H2. The quantitative estimate of drug-likeness (QED) is 0.841. The van der Waals surface area contributed by atoms with E-state index in [1.165, 1.54) is 0 Å². The van der Waals surface area contributed by atoms with Crippen LogP contribution in [0, 0.1) is 11.6 Å². The van der Waals surface area contributed by atoms with Gasteiger partial charge in [-0.25, -0.2) is 17.2 Å². The van der Waals surface area contributed by atoms with Gasteiger partial charge in [-0.2, -0.15) is 9.29 Å². The number of halogens is 2. The van der Waals surface area contributed by atoms with Crippen LogP contribution in [0.15, 0.2) is 22.7 Å². The van der Waals surface area contributed by atoms with Crippen LogP contribution in [-0.4, -0.2) is 41.1 Å². The minimum atomic E-state index is -3.90. The molecule has 2 fully saturated rings. The van der Waals surface area contributed by atoms with Crippen molar-refractivity contribution in [1.29, 1.82) is 0 Å². The molecule has 1 saturated heterocycles. The Balaban J connectivity index is 1.51. The first-order chi connectivity index (χ1) is 12.3. The molecule has 26 heavy (non-hydrogen) atoms. The number of hydrogen-bond acceptors (Lipinski definition) is 6. The fourth-order valence-corrected chi connectivity index (χ4v) is 4.62. The Hall–Kier alpha value is -1.91. The normalized spacial score (nSPS) is 24.3. The van der Waals surface area contributed by atoms with E-state index in [1.54, 1.807) is 0 Å². The second kappa shape index (κ2) is 6.07. The molecule has 1 unspecified atom stereocenters. The maximum absolute atomic E-state index is 13.8. The minimum absolute atomic E-state index is 0.00469. The number of aromatic nitrogens is 2. The summed E-state index contributed by atoms with van der Waals surface area (Å²) in [5.74, 6) is -1.53. The van der Waals surface area contributed by atoms with Gasteiger partial charge in [-0.05, 0) is 18.9 Å². The van der Waals surface area contributed by atoms with E-state index in [0.717, 1.165) is 29.3 Å². The van der Waals surface area contributed by atoms with Gasteiger partial charge < -0.3 is 9.63 Å². The lowest BCUT2D eigenvalue weighted by Crippen LogP contribution is -2.35. The topological polar surface area (TPSA) is 96.5 Å². The molecular weight excluding hydrogens is 368 g/mol. The summed E-state index contributed by atoms with van der Waals surface area (Å²) >= 11 is 0. The van der Waals surface area contributed by atoms with Crippen LogP contribution >= 0.6 is 0 Å². The van der Waals surface area contributed by atoms with Crippen LogP contribution in [0.3, 0.4) is 0 Å². The van der Waals surface area contributed by atoms with E-state index < -0.39 is 33.0 Å². The van der Waals surface area contributed by atoms with Gasteiger partial charge in [0, 0.05) is 30.5 Å². The molecule has 0 spiro atoms. The van der Waals surface area contributed by atoms with Crippen LogP contribution in [0.5, 0.6) is 0 Å². The van der Waals surface area contributed by atoms with Crippen molar-refractivity contribution in [2.24, 2.45) is 0 Å². The van der Waals surface area contributed by atoms with Gasteiger partial charge in [0.2, 0.25) is 10.0 Å². The first-order valence-electron chi connectivity index (χ1n) is 8.25. The molecule has 0 amide bonds. The highest BCUT2D eigenvalue weighted by Crippen LogP contribution is 2.40. The third-order valence-corrected chi connectivity index (χ3v) is 6.52. The summed E-state index contributed by atoms with van der Waals surface area (Å²) in [6.45, 7) is -0.201. The highest BCUT2D eigenvalue weighted by Gasteiger charge is 2.47. The van der Waals surface area contributed by atoms with Crippen LogP contribution in [0.1, 0.15) is 42.5 Å². The van der Waals surface area contributed by atoms with Crippen LogP contribution in [-0.2, 0) is 21.4 Å². The Morgan fingerprint density at radius 1 is 1.35 bits per heavy atom. The van der Waals surface area contributed by atoms with Crippen LogP contribution in [0.4, 0.5) is 8.78 Å². The molecule has 2 heterocycles. The molecule has 0 radical (unpaired) electrons. The molecule has 0 bridgehead atoms. The Kier molecular flexibility index (Phi) is 4.08. The highest BCUT2D eigenvalue weighted by molar-refractivity contribution is 7.88. The van der Waals surface area contributed by atoms with E-state index >= 15 is 0 Å². The van der Waals surface area contributed by atoms with Crippen molar-refractivity contribution in [3.05, 3.63) is 47.1 Å². The van der Waals surface area contributed by atoms with Crippen LogP contribution < -0.4 is 0 Å². The average molecular weight is 385 g/mol. The maximum atomic E-state index is 13.8. The second-order valence-corrected chi connectivity index (χ2v) is 8.81. The monoisotopic (exact) mass is 385 g/mol. The molecule has 2 aliphatic rings. The van der Waals surface area contributed by atoms with Gasteiger partial charge in [0.1, 0.15) is 11.6 Å². The van der Waals surface area contributed by atoms with E-state index in [9.17, 15) is 22.3 Å². The number of β-amino-alcohol motifs (C(OH)–C–C–N with tert-alkyl or cyclic N) is 1. The third-order valence-electron chi connectivity index (χ3n) is 4.74. The fourth-order valence-electron chi connectivity index (χ4n) is 3.03. The smallest absolute Gasteiger partial charge is 0.260 e. The van der Waals surface area contributed by atoms with E-state index in [4.69, 9.17) is 4.52 Å². The molecule has 140 valence electrons. The second-order valence-electron chi connectivity index (χ2n) is 6.84. The number of rotatable bonds is 5. The van der Waals surface area contributed by atoms with E-state index in [0.29, 0.717) is 11.9 Å². The van der Waals surface area contributed by atoms with Gasteiger partial charge in [-0.15, -0.1) is 0 Å². The van der Waals surface area contributed by atoms with Crippen molar-refractivity contribution in [3.8, 4) is 0 Å². The van der Waals surface area contributed by atoms with Gasteiger partial charge in [-0.1, -0.05) is 11.2 Å². The zero-order valence-corrected chi connectivity index (χ0v) is 14.5. The molecule has 1 aromatic heterocycles. The molecular formula is C16H17F2N3O4S. The molecule has 1 aromatic carbocycles. The summed E-state index contributed by atoms with van der Waals surface area (Å²) in [5, 5.41) is 14.6. The van der Waals surface area contributed by atoms with Crippen molar-refractivity contribution in [3.63, 3.8) is 0 Å². The lowest BCUT2D eigenvalue weighted by atomic mass is 10.0. The molecule has 1 aliphatic heterocycles. The van der Waals surface area contributed by atoms with Crippen molar-refractivity contribution in [2.45, 2.75) is 36.5 Å². The third kappa shape index (κ3) is 3.24. The first-order valence-corrected chi connectivity index (χ1v) is 9.86. The zero-order chi connectivity index (χ0) is 18.5. The van der Waals surface area contributed by atoms with Gasteiger partial charge >= 0.3 is 0 Å². The SMILES string of the molecule is O=S(=O)(Cc1ccc(F)cc1F)N1CCC(O)(c2nc(C3CC3)no2)C1. The van der Waals surface area contributed by atoms with Crippen LogP contribution in [0.2, 0.25) is 0 Å². The molecule has 2 aromatic rings. The number of nitrogens with zero attached hydrogens (tertiary/aromatic N) is 3. The summed E-state index contributed by atoms with van der Waals surface area (Å²) in [7, 11) is -3.90. The van der Waals surface area contributed by atoms with Crippen molar-refractivity contribution in [1.82, 2.24) is 14.4 Å². The van der Waals surface area contributed by atoms with E-state index in [-0.39, 0.29) is 36.9 Å². The number of sulfonamides is 1. The summed E-state index contributed by atoms with van der Waals surface area (Å²) < 4.78 is 58.1. The van der Waals surface area contributed by atoms with Gasteiger partial charge in [0.15, 0.2) is 11.4 Å². The van der Waals surface area contributed by atoms with Gasteiger partial charge in [-0.3, -0.25) is 0 Å². The molecule has 4 rings (SSSR count). The molecule has 1 saturated carbocycles. The van der Waals surface area contributed by atoms with Crippen molar-refractivity contribution >= 4 is 10.0 Å². The lowest BCUT2D eigenvalue weighted by Gasteiger charge is -2.19. The highest BCUT2D eigenvalue weighted by atomic mass is 32.2. The van der Waals surface area contributed by atoms with Gasteiger partial charge in [0.05, 0.1) is 12.3 Å². The predicted molar refractivity (Wildman–Crippen MR) is 85.3 cm³/mol. The van der Waals surface area contributed by atoms with E-state index in [1.807, 2.05) is 0 Å². The Bertz CT molecular complexity index is 945. The largest absolute Gasteiger partial charge is 0.379 e. The Labute approximate surface area is 148 Å². The van der Waals surface area contributed by atoms with Crippen molar-refractivity contribution < 1.29 is 26.8 Å². The van der Waals surface area contributed by atoms with Crippen molar-refractivity contribution in [2.75, 3.05) is 13.1 Å². The summed E-state index contributed by atoms with van der Waals surface area (Å²) in [6, 6.07) is 2.75. The average Bonchev–Trinajstić information content (AvgIpc) is 3.14. The molecule has 1 aliphatic carbocycles. The Morgan fingerprint density at radius 2 is 2.12 bits per heavy atom. The number of aliphatic hydroxyl groups is 1. The van der Waals surface area contributed by atoms with Gasteiger partial charge in [0.25, 0.3) is 5.89 Å². The van der Waals surface area contributed by atoms with E-state index in [2.05, 4.69) is 10.1 Å². The molecule has 1 N–H and O–H groups in total. The minimum Gasteiger partial charge on any atom is -0.379 e. The molecule has 10 heteroatoms. The lowest BCUT2D eigenvalue weighted by molar-refractivity contribution is 0.0194. The summed E-state index contributed by atoms with van der Waals surface area (Å²) in [4.78, 5) is 4.20. The molecule has 7 nitrogen and oxygen atoms in total. The zero-order valence-electron chi connectivity index (χ0n) is 13.7. The number of benzene rings is 1. The van der Waals surface area contributed by atoms with Crippen LogP contribution in [0.25, 0.3) is 0 Å². The summed E-state index contributed by atoms with van der Waals surface area (Å²) in [5.41, 5.74) is -1.69. The Morgan fingerprint density at radius 3 is 2.81 bits per heavy atom. The number of hydrogen-bond donors (Lipinski definition) is 1.